The van der Waals surface area contributed by atoms with E-state index in [1.165, 1.54) is 40.3 Å². The summed E-state index contributed by atoms with van der Waals surface area (Å²) in [5, 5.41) is 2.53. The summed E-state index contributed by atoms with van der Waals surface area (Å²) >= 11 is 0. The van der Waals surface area contributed by atoms with E-state index in [4.69, 9.17) is 14.2 Å². The minimum Gasteiger partial charge on any atom is -0.359 e. The highest BCUT2D eigenvalue weighted by Crippen LogP contribution is 2.69. The van der Waals surface area contributed by atoms with Crippen molar-refractivity contribution >= 4 is 10.8 Å². The maximum absolute atomic E-state index is 7.39. The molecular weight excluding hydrogens is 422 g/mol. The number of aromatic nitrogens is 1. The molecule has 4 heteroatoms. The van der Waals surface area contributed by atoms with Gasteiger partial charge in [0.15, 0.2) is 5.79 Å². The minimum absolute atomic E-state index is 0.138. The predicted octanol–water partition coefficient (Wildman–Crippen LogP) is 6.22. The summed E-state index contributed by atoms with van der Waals surface area (Å²) in [5.41, 5.74) is 4.33. The summed E-state index contributed by atoms with van der Waals surface area (Å²) in [5.74, 6) is 0.688. The number of pyridine rings is 1. The number of benzene rings is 1. The zero-order chi connectivity index (χ0) is 22.6. The number of allylic oxidation sites excluding steroid dienone is 1. The molecule has 4 fully saturated rings. The lowest BCUT2D eigenvalue weighted by Crippen LogP contribution is -2.56. The van der Waals surface area contributed by atoms with E-state index in [1.807, 2.05) is 12.4 Å². The van der Waals surface area contributed by atoms with Gasteiger partial charge in [-0.2, -0.15) is 0 Å². The molecule has 34 heavy (non-hydrogen) atoms. The number of nitrogens with zero attached hydrogens (tertiary/aromatic N) is 1. The first-order valence-corrected chi connectivity index (χ1v) is 13.3. The average Bonchev–Trinajstić information content (AvgIpc) is 3.53. The molecule has 5 atom stereocenters. The van der Waals surface area contributed by atoms with Crippen LogP contribution in [-0.4, -0.2) is 35.2 Å². The van der Waals surface area contributed by atoms with Crippen molar-refractivity contribution in [2.45, 2.75) is 81.2 Å². The van der Waals surface area contributed by atoms with Gasteiger partial charge in [-0.3, -0.25) is 4.98 Å². The van der Waals surface area contributed by atoms with E-state index in [-0.39, 0.29) is 16.6 Å². The van der Waals surface area contributed by atoms with Crippen LogP contribution in [0.15, 0.2) is 60.0 Å². The van der Waals surface area contributed by atoms with Gasteiger partial charge in [0.2, 0.25) is 0 Å². The summed E-state index contributed by atoms with van der Waals surface area (Å²) in [4.78, 5) is 4.37. The van der Waals surface area contributed by atoms with Gasteiger partial charge in [-0.15, -0.1) is 0 Å². The summed E-state index contributed by atoms with van der Waals surface area (Å²) < 4.78 is 19.7. The maximum Gasteiger partial charge on any atom is 0.171 e. The second-order valence-corrected chi connectivity index (χ2v) is 12.0. The molecular formula is C30H33NO3. The van der Waals surface area contributed by atoms with Crippen molar-refractivity contribution in [1.29, 1.82) is 0 Å². The summed E-state index contributed by atoms with van der Waals surface area (Å²) in [6, 6.07) is 9.16. The van der Waals surface area contributed by atoms with Crippen LogP contribution in [0.1, 0.15) is 69.8 Å². The molecule has 4 nitrogen and oxygen atoms in total. The smallest absolute Gasteiger partial charge is 0.171 e. The van der Waals surface area contributed by atoms with Crippen LogP contribution in [0.25, 0.3) is 10.8 Å². The third kappa shape index (κ3) is 2.47. The quantitative estimate of drug-likeness (QED) is 0.512. The Hall–Kier alpha value is -2.01. The van der Waals surface area contributed by atoms with Crippen LogP contribution >= 0.6 is 0 Å². The fraction of sp³-hybridized carbons (Fsp3) is 0.567. The molecule has 3 aliphatic heterocycles. The van der Waals surface area contributed by atoms with Crippen LogP contribution in [-0.2, 0) is 14.2 Å². The molecule has 3 aliphatic carbocycles. The molecule has 0 radical (unpaired) electrons. The Morgan fingerprint density at radius 2 is 1.91 bits per heavy atom. The number of rotatable bonds is 1. The van der Waals surface area contributed by atoms with Gasteiger partial charge in [-0.1, -0.05) is 31.2 Å². The van der Waals surface area contributed by atoms with Crippen molar-refractivity contribution in [2.75, 3.05) is 13.2 Å². The second-order valence-electron chi connectivity index (χ2n) is 12.0. The van der Waals surface area contributed by atoms with Crippen molar-refractivity contribution in [3.05, 3.63) is 65.5 Å². The van der Waals surface area contributed by atoms with Crippen molar-refractivity contribution in [3.8, 4) is 0 Å². The van der Waals surface area contributed by atoms with Crippen LogP contribution in [0, 0.1) is 11.3 Å². The summed E-state index contributed by atoms with van der Waals surface area (Å²) in [6.45, 7) is 3.98. The molecule has 0 amide bonds. The standard InChI is InChI=1S/C30H33NO3/c1-27-9-6-24-17-23-7-10-29(32-14-15-33-29)19-28(23)11-12-30(24,34-28)26(27)5-4-25(27)21-3-2-20-8-13-31-18-22(20)16-21/h2-3,6,8,13,16-18,25-26H,4-5,7,9-12,14-15,19H2,1H3/t25-,26+,27+,28+,30+/m0/s1. The largest absolute Gasteiger partial charge is 0.359 e. The van der Waals surface area contributed by atoms with Crippen LogP contribution in [0.4, 0.5) is 0 Å². The van der Waals surface area contributed by atoms with Crippen LogP contribution in [0.2, 0.25) is 0 Å². The first kappa shape index (κ1) is 20.2. The van der Waals surface area contributed by atoms with Crippen molar-refractivity contribution in [2.24, 2.45) is 11.3 Å². The van der Waals surface area contributed by atoms with Gasteiger partial charge in [-0.25, -0.2) is 0 Å². The van der Waals surface area contributed by atoms with Crippen LogP contribution < -0.4 is 0 Å². The number of ether oxygens (including phenoxy) is 3. The number of hydrogen-bond acceptors (Lipinski definition) is 4. The first-order chi connectivity index (χ1) is 16.5. The fourth-order valence-corrected chi connectivity index (χ4v) is 9.00. The summed E-state index contributed by atoms with van der Waals surface area (Å²) in [7, 11) is 0. The molecule has 4 heterocycles. The zero-order valence-corrected chi connectivity index (χ0v) is 20.0. The van der Waals surface area contributed by atoms with Gasteiger partial charge in [0.1, 0.15) is 0 Å². The van der Waals surface area contributed by atoms with E-state index in [0.717, 1.165) is 51.7 Å². The van der Waals surface area contributed by atoms with Crippen molar-refractivity contribution in [3.63, 3.8) is 0 Å². The molecule has 8 rings (SSSR count). The molecule has 1 aromatic carbocycles. The summed E-state index contributed by atoms with van der Waals surface area (Å²) in [6.07, 6.45) is 17.7. The third-order valence-electron chi connectivity index (χ3n) is 10.6. The monoisotopic (exact) mass is 455 g/mol. The van der Waals surface area contributed by atoms with E-state index in [9.17, 15) is 0 Å². The Labute approximate surface area is 201 Å². The topological polar surface area (TPSA) is 40.6 Å². The van der Waals surface area contributed by atoms with Crippen LogP contribution in [0.3, 0.4) is 0 Å². The Bertz CT molecular complexity index is 1260. The van der Waals surface area contributed by atoms with Gasteiger partial charge in [-0.05, 0) is 90.0 Å². The molecule has 0 N–H and O–H groups in total. The normalized spacial score (nSPS) is 41.7. The molecule has 6 aliphatic rings. The molecule has 2 bridgehead atoms. The Balaban J connectivity index is 1.18. The lowest BCUT2D eigenvalue weighted by Gasteiger charge is -2.55. The van der Waals surface area contributed by atoms with E-state index in [1.54, 1.807) is 0 Å². The lowest BCUT2D eigenvalue weighted by atomic mass is 9.58. The average molecular weight is 456 g/mol. The van der Waals surface area contributed by atoms with E-state index < -0.39 is 5.79 Å². The van der Waals surface area contributed by atoms with Crippen LogP contribution in [0.5, 0.6) is 0 Å². The zero-order valence-electron chi connectivity index (χ0n) is 20.0. The van der Waals surface area contributed by atoms with Gasteiger partial charge in [0.05, 0.1) is 24.4 Å². The van der Waals surface area contributed by atoms with Gasteiger partial charge in [0, 0.05) is 30.6 Å². The molecule has 176 valence electrons. The van der Waals surface area contributed by atoms with Gasteiger partial charge < -0.3 is 14.2 Å². The fourth-order valence-electron chi connectivity index (χ4n) is 9.00. The molecule has 2 aromatic rings. The maximum atomic E-state index is 7.39. The third-order valence-corrected chi connectivity index (χ3v) is 10.6. The molecule has 2 saturated heterocycles. The van der Waals surface area contributed by atoms with E-state index in [0.29, 0.717) is 11.8 Å². The Morgan fingerprint density at radius 3 is 2.82 bits per heavy atom. The van der Waals surface area contributed by atoms with Crippen molar-refractivity contribution in [1.82, 2.24) is 4.98 Å². The number of fused-ring (bicyclic) bond motifs is 2. The Kier molecular flexibility index (Phi) is 3.92. The lowest BCUT2D eigenvalue weighted by molar-refractivity contribution is -0.226. The second kappa shape index (κ2) is 6.60. The highest BCUT2D eigenvalue weighted by atomic mass is 16.7. The highest BCUT2D eigenvalue weighted by molar-refractivity contribution is 5.82. The molecule has 1 aromatic heterocycles. The minimum atomic E-state index is -0.417. The Morgan fingerprint density at radius 1 is 1.00 bits per heavy atom. The first-order valence-electron chi connectivity index (χ1n) is 13.3. The van der Waals surface area contributed by atoms with E-state index in [2.05, 4.69) is 48.3 Å². The SMILES string of the molecule is C[C@]12CC=C3C=C4CCC5(C[C@]46CC[C@]3(O6)[C@@H]1CC[C@H]2c1ccc2ccncc2c1)OCCO5. The molecule has 2 saturated carbocycles. The molecule has 3 spiro atoms. The van der Waals surface area contributed by atoms with Crippen molar-refractivity contribution < 1.29 is 14.2 Å². The number of hydrogen-bond donors (Lipinski definition) is 0. The van der Waals surface area contributed by atoms with Gasteiger partial charge >= 0.3 is 0 Å². The van der Waals surface area contributed by atoms with E-state index >= 15 is 0 Å². The van der Waals surface area contributed by atoms with Gasteiger partial charge in [0.25, 0.3) is 0 Å². The predicted molar refractivity (Wildman–Crippen MR) is 130 cm³/mol. The molecule has 0 unspecified atom stereocenters. The highest BCUT2D eigenvalue weighted by Gasteiger charge is 2.68.